The molecule has 0 aromatic rings. The molecule has 2 unspecified atom stereocenters. The van der Waals surface area contributed by atoms with E-state index in [0.717, 1.165) is 19.3 Å². The molecule has 0 bridgehead atoms. The SMILES string of the molecule is N#CCN(CC#N)C1CCCCCC1N. The van der Waals surface area contributed by atoms with Crippen LogP contribution in [-0.4, -0.2) is 30.1 Å². The van der Waals surface area contributed by atoms with Crippen LogP contribution in [-0.2, 0) is 0 Å². The second-order valence-corrected chi connectivity index (χ2v) is 4.09. The van der Waals surface area contributed by atoms with Gasteiger partial charge in [-0.15, -0.1) is 0 Å². The van der Waals surface area contributed by atoms with Gasteiger partial charge in [0.05, 0.1) is 25.2 Å². The van der Waals surface area contributed by atoms with Crippen LogP contribution >= 0.6 is 0 Å². The molecule has 1 rings (SSSR count). The molecule has 4 nitrogen and oxygen atoms in total. The van der Waals surface area contributed by atoms with Crippen LogP contribution in [0.5, 0.6) is 0 Å². The number of nitriles is 2. The molecule has 2 atom stereocenters. The number of nitrogens with zero attached hydrogens (tertiary/aromatic N) is 3. The summed E-state index contributed by atoms with van der Waals surface area (Å²) in [5, 5.41) is 17.4. The molecule has 2 N–H and O–H groups in total. The highest BCUT2D eigenvalue weighted by Crippen LogP contribution is 2.20. The highest BCUT2D eigenvalue weighted by molar-refractivity contribution is 4.92. The molecular formula is C11H18N4. The van der Waals surface area contributed by atoms with Crippen molar-refractivity contribution in [2.24, 2.45) is 5.73 Å². The smallest absolute Gasteiger partial charge is 0.0877 e. The molecule has 0 spiro atoms. The van der Waals surface area contributed by atoms with Gasteiger partial charge in [-0.1, -0.05) is 19.3 Å². The Balaban J connectivity index is 2.62. The molecule has 0 aromatic carbocycles. The average Bonchev–Trinajstić information content (AvgIpc) is 2.43. The summed E-state index contributed by atoms with van der Waals surface area (Å²) in [5.41, 5.74) is 6.08. The summed E-state index contributed by atoms with van der Waals surface area (Å²) in [5.74, 6) is 0. The van der Waals surface area contributed by atoms with Gasteiger partial charge in [0.15, 0.2) is 0 Å². The van der Waals surface area contributed by atoms with Crippen LogP contribution in [0.1, 0.15) is 32.1 Å². The lowest BCUT2D eigenvalue weighted by Crippen LogP contribution is -2.47. The summed E-state index contributed by atoms with van der Waals surface area (Å²) in [6.45, 7) is 0.623. The van der Waals surface area contributed by atoms with Crippen LogP contribution in [0.2, 0.25) is 0 Å². The molecule has 1 aliphatic rings. The zero-order chi connectivity index (χ0) is 11.1. The molecular weight excluding hydrogens is 188 g/mol. The van der Waals surface area contributed by atoms with Crippen molar-refractivity contribution in [2.75, 3.05) is 13.1 Å². The molecule has 0 aliphatic heterocycles. The first-order valence-corrected chi connectivity index (χ1v) is 5.53. The van der Waals surface area contributed by atoms with E-state index < -0.39 is 0 Å². The van der Waals surface area contributed by atoms with Crippen molar-refractivity contribution < 1.29 is 0 Å². The van der Waals surface area contributed by atoms with Gasteiger partial charge < -0.3 is 5.73 Å². The quantitative estimate of drug-likeness (QED) is 0.552. The van der Waals surface area contributed by atoms with Crippen molar-refractivity contribution in [3.05, 3.63) is 0 Å². The Kier molecular flexibility index (Phi) is 5.10. The van der Waals surface area contributed by atoms with E-state index >= 15 is 0 Å². The summed E-state index contributed by atoms with van der Waals surface area (Å²) < 4.78 is 0. The summed E-state index contributed by atoms with van der Waals surface area (Å²) in [7, 11) is 0. The van der Waals surface area contributed by atoms with Crippen LogP contribution < -0.4 is 5.73 Å². The first-order valence-electron chi connectivity index (χ1n) is 5.53. The maximum Gasteiger partial charge on any atom is 0.0877 e. The second-order valence-electron chi connectivity index (χ2n) is 4.09. The monoisotopic (exact) mass is 206 g/mol. The lowest BCUT2D eigenvalue weighted by Gasteiger charge is -2.30. The van der Waals surface area contributed by atoms with E-state index in [1.807, 2.05) is 4.90 Å². The molecule has 0 radical (unpaired) electrons. The fraction of sp³-hybridized carbons (Fsp3) is 0.818. The van der Waals surface area contributed by atoms with Crippen LogP contribution in [0, 0.1) is 22.7 Å². The lowest BCUT2D eigenvalue weighted by atomic mass is 10.0. The third-order valence-electron chi connectivity index (χ3n) is 3.05. The Morgan fingerprint density at radius 2 is 1.67 bits per heavy atom. The maximum atomic E-state index is 8.71. The fourth-order valence-corrected chi connectivity index (χ4v) is 2.24. The highest BCUT2D eigenvalue weighted by Gasteiger charge is 2.25. The molecule has 0 heterocycles. The number of rotatable bonds is 3. The largest absolute Gasteiger partial charge is 0.326 e. The van der Waals surface area contributed by atoms with Gasteiger partial charge in [-0.25, -0.2) is 0 Å². The van der Waals surface area contributed by atoms with E-state index in [0.29, 0.717) is 13.1 Å². The van der Waals surface area contributed by atoms with Crippen LogP contribution in [0.15, 0.2) is 0 Å². The van der Waals surface area contributed by atoms with E-state index in [2.05, 4.69) is 12.1 Å². The van der Waals surface area contributed by atoms with Gasteiger partial charge in [-0.05, 0) is 12.8 Å². The minimum Gasteiger partial charge on any atom is -0.326 e. The summed E-state index contributed by atoms with van der Waals surface area (Å²) in [4.78, 5) is 1.91. The normalized spacial score (nSPS) is 26.7. The van der Waals surface area contributed by atoms with Gasteiger partial charge in [-0.2, -0.15) is 10.5 Å². The van der Waals surface area contributed by atoms with Gasteiger partial charge in [0.25, 0.3) is 0 Å². The Hall–Kier alpha value is -1.10. The second kappa shape index (κ2) is 6.40. The predicted molar refractivity (Wildman–Crippen MR) is 57.6 cm³/mol. The minimum absolute atomic E-state index is 0.120. The van der Waals surface area contributed by atoms with Crippen molar-refractivity contribution in [2.45, 2.75) is 44.2 Å². The van der Waals surface area contributed by atoms with Crippen molar-refractivity contribution in [3.8, 4) is 12.1 Å². The molecule has 4 heteroatoms. The molecule has 1 saturated carbocycles. The topological polar surface area (TPSA) is 76.8 Å². The Bertz CT molecular complexity index is 247. The number of hydrogen-bond donors (Lipinski definition) is 1. The summed E-state index contributed by atoms with van der Waals surface area (Å²) >= 11 is 0. The fourth-order valence-electron chi connectivity index (χ4n) is 2.24. The van der Waals surface area contributed by atoms with Crippen LogP contribution in [0.4, 0.5) is 0 Å². The van der Waals surface area contributed by atoms with E-state index in [-0.39, 0.29) is 12.1 Å². The molecule has 1 aliphatic carbocycles. The van der Waals surface area contributed by atoms with Gasteiger partial charge in [0.2, 0.25) is 0 Å². The van der Waals surface area contributed by atoms with Gasteiger partial charge in [0, 0.05) is 12.1 Å². The van der Waals surface area contributed by atoms with Crippen LogP contribution in [0.3, 0.4) is 0 Å². The number of nitrogens with two attached hydrogens (primary N) is 1. The zero-order valence-electron chi connectivity index (χ0n) is 9.02. The van der Waals surface area contributed by atoms with E-state index in [4.69, 9.17) is 16.3 Å². The van der Waals surface area contributed by atoms with Crippen molar-refractivity contribution in [1.82, 2.24) is 4.90 Å². The summed E-state index contributed by atoms with van der Waals surface area (Å²) in [6.07, 6.45) is 5.58. The van der Waals surface area contributed by atoms with Crippen molar-refractivity contribution in [1.29, 1.82) is 10.5 Å². The Labute approximate surface area is 91.3 Å². The maximum absolute atomic E-state index is 8.71. The van der Waals surface area contributed by atoms with Gasteiger partial charge in [0.1, 0.15) is 0 Å². The molecule has 0 aromatic heterocycles. The first-order chi connectivity index (χ1) is 7.29. The van der Waals surface area contributed by atoms with Gasteiger partial charge in [-0.3, -0.25) is 4.90 Å². The van der Waals surface area contributed by atoms with Gasteiger partial charge >= 0.3 is 0 Å². The van der Waals surface area contributed by atoms with E-state index in [1.54, 1.807) is 0 Å². The molecule has 0 amide bonds. The van der Waals surface area contributed by atoms with Crippen molar-refractivity contribution in [3.63, 3.8) is 0 Å². The van der Waals surface area contributed by atoms with Crippen LogP contribution in [0.25, 0.3) is 0 Å². The average molecular weight is 206 g/mol. The standard InChI is InChI=1S/C11H18N4/c12-6-8-15(9-7-13)11-5-3-1-2-4-10(11)14/h10-11H,1-5,8-9,14H2. The lowest BCUT2D eigenvalue weighted by molar-refractivity contribution is 0.202. The minimum atomic E-state index is 0.120. The highest BCUT2D eigenvalue weighted by atomic mass is 15.2. The number of hydrogen-bond acceptors (Lipinski definition) is 4. The van der Waals surface area contributed by atoms with Crippen molar-refractivity contribution >= 4 is 0 Å². The Morgan fingerprint density at radius 3 is 2.27 bits per heavy atom. The molecule has 0 saturated heterocycles. The first kappa shape index (κ1) is 12.0. The predicted octanol–water partition coefficient (Wildman–Crippen LogP) is 0.996. The Morgan fingerprint density at radius 1 is 1.07 bits per heavy atom. The van der Waals surface area contributed by atoms with E-state index in [1.165, 1.54) is 12.8 Å². The summed E-state index contributed by atoms with van der Waals surface area (Å²) in [6, 6.07) is 4.55. The third-order valence-corrected chi connectivity index (χ3v) is 3.05. The third kappa shape index (κ3) is 3.51. The molecule has 1 fully saturated rings. The van der Waals surface area contributed by atoms with E-state index in [9.17, 15) is 0 Å². The molecule has 82 valence electrons. The molecule has 15 heavy (non-hydrogen) atoms. The zero-order valence-corrected chi connectivity index (χ0v) is 9.02.